The highest BCUT2D eigenvalue weighted by molar-refractivity contribution is 6.30. The van der Waals surface area contributed by atoms with Crippen molar-refractivity contribution in [3.05, 3.63) is 34.9 Å². The summed E-state index contributed by atoms with van der Waals surface area (Å²) in [6.07, 6.45) is -4.29. The Balaban J connectivity index is 2.96. The third-order valence-electron chi connectivity index (χ3n) is 1.82. The Kier molecular flexibility index (Phi) is 3.39. The molecule has 0 aliphatic carbocycles. The molecule has 0 saturated heterocycles. The standard InChI is InChI=1S/C9H9ClF3N/c1-14-8(9(11,12)13)6-2-4-7(10)5-3-6/h2-5,8,14H,1H3/t8-/m1/s1. The minimum absolute atomic E-state index is 0.157. The fourth-order valence-electron chi connectivity index (χ4n) is 1.17. The highest BCUT2D eigenvalue weighted by Crippen LogP contribution is 2.32. The molecule has 0 amide bonds. The minimum Gasteiger partial charge on any atom is -0.306 e. The Bertz CT molecular complexity index is 294. The van der Waals surface area contributed by atoms with E-state index in [0.29, 0.717) is 5.02 Å². The van der Waals surface area contributed by atoms with Gasteiger partial charge in [0.1, 0.15) is 6.04 Å². The van der Waals surface area contributed by atoms with Gasteiger partial charge in [0.2, 0.25) is 0 Å². The van der Waals surface area contributed by atoms with E-state index in [4.69, 9.17) is 11.6 Å². The van der Waals surface area contributed by atoms with Crippen molar-refractivity contribution in [3.8, 4) is 0 Å². The van der Waals surface area contributed by atoms with Gasteiger partial charge in [-0.15, -0.1) is 0 Å². The largest absolute Gasteiger partial charge is 0.407 e. The second-order valence-electron chi connectivity index (χ2n) is 2.81. The zero-order valence-electron chi connectivity index (χ0n) is 7.40. The Hall–Kier alpha value is -0.740. The van der Waals surface area contributed by atoms with Crippen LogP contribution in [0.3, 0.4) is 0 Å². The molecule has 1 N–H and O–H groups in total. The van der Waals surface area contributed by atoms with Crippen LogP contribution in [-0.2, 0) is 0 Å². The Morgan fingerprint density at radius 3 is 2.07 bits per heavy atom. The molecule has 5 heteroatoms. The number of rotatable bonds is 2. The SMILES string of the molecule is CN[C@H](c1ccc(Cl)cc1)C(F)(F)F. The predicted octanol–water partition coefficient (Wildman–Crippen LogP) is 3.16. The number of benzene rings is 1. The van der Waals surface area contributed by atoms with Gasteiger partial charge in [0.25, 0.3) is 0 Å². The van der Waals surface area contributed by atoms with Crippen molar-refractivity contribution in [2.75, 3.05) is 7.05 Å². The lowest BCUT2D eigenvalue weighted by atomic mass is 10.1. The first kappa shape index (κ1) is 11.3. The lowest BCUT2D eigenvalue weighted by molar-refractivity contribution is -0.156. The molecule has 0 saturated carbocycles. The van der Waals surface area contributed by atoms with Crippen LogP contribution in [0.15, 0.2) is 24.3 Å². The van der Waals surface area contributed by atoms with E-state index < -0.39 is 12.2 Å². The van der Waals surface area contributed by atoms with Gasteiger partial charge in [-0.1, -0.05) is 23.7 Å². The van der Waals surface area contributed by atoms with Gasteiger partial charge in [-0.2, -0.15) is 13.2 Å². The molecular weight excluding hydrogens is 215 g/mol. The highest BCUT2D eigenvalue weighted by atomic mass is 35.5. The van der Waals surface area contributed by atoms with Crippen LogP contribution < -0.4 is 5.32 Å². The van der Waals surface area contributed by atoms with Crippen molar-refractivity contribution in [3.63, 3.8) is 0 Å². The van der Waals surface area contributed by atoms with Crippen LogP contribution in [-0.4, -0.2) is 13.2 Å². The van der Waals surface area contributed by atoms with Crippen LogP contribution in [0.5, 0.6) is 0 Å². The van der Waals surface area contributed by atoms with Gasteiger partial charge < -0.3 is 5.32 Å². The van der Waals surface area contributed by atoms with Gasteiger partial charge in [0.05, 0.1) is 0 Å². The van der Waals surface area contributed by atoms with Crippen molar-refractivity contribution in [1.82, 2.24) is 5.32 Å². The van der Waals surface area contributed by atoms with Crippen molar-refractivity contribution < 1.29 is 13.2 Å². The van der Waals surface area contributed by atoms with Crippen LogP contribution >= 0.6 is 11.6 Å². The van der Waals surface area contributed by atoms with E-state index in [1.807, 2.05) is 0 Å². The monoisotopic (exact) mass is 223 g/mol. The van der Waals surface area contributed by atoms with E-state index in [0.717, 1.165) is 0 Å². The maximum Gasteiger partial charge on any atom is 0.407 e. The van der Waals surface area contributed by atoms with Crippen LogP contribution in [0, 0.1) is 0 Å². The summed E-state index contributed by atoms with van der Waals surface area (Å²) >= 11 is 5.57. The van der Waals surface area contributed by atoms with E-state index >= 15 is 0 Å². The van der Waals surface area contributed by atoms with E-state index in [-0.39, 0.29) is 5.56 Å². The van der Waals surface area contributed by atoms with Gasteiger partial charge in [0, 0.05) is 5.02 Å². The molecule has 14 heavy (non-hydrogen) atoms. The molecule has 78 valence electrons. The Morgan fingerprint density at radius 2 is 1.71 bits per heavy atom. The van der Waals surface area contributed by atoms with Crippen molar-refractivity contribution in [2.24, 2.45) is 0 Å². The lowest BCUT2D eigenvalue weighted by Crippen LogP contribution is -2.31. The molecule has 0 aliphatic rings. The number of nitrogens with one attached hydrogen (secondary N) is 1. The second-order valence-corrected chi connectivity index (χ2v) is 3.25. The van der Waals surface area contributed by atoms with Crippen LogP contribution in [0.4, 0.5) is 13.2 Å². The van der Waals surface area contributed by atoms with Crippen LogP contribution in [0.25, 0.3) is 0 Å². The Morgan fingerprint density at radius 1 is 1.21 bits per heavy atom. The van der Waals surface area contributed by atoms with E-state index in [2.05, 4.69) is 5.32 Å². The quantitative estimate of drug-likeness (QED) is 0.812. The highest BCUT2D eigenvalue weighted by Gasteiger charge is 2.39. The second kappa shape index (κ2) is 4.19. The van der Waals surface area contributed by atoms with Gasteiger partial charge in [-0.3, -0.25) is 0 Å². The maximum absolute atomic E-state index is 12.4. The fourth-order valence-corrected chi connectivity index (χ4v) is 1.30. The molecule has 0 spiro atoms. The summed E-state index contributed by atoms with van der Waals surface area (Å²) in [5, 5.41) is 2.63. The molecule has 0 radical (unpaired) electrons. The summed E-state index contributed by atoms with van der Waals surface area (Å²) in [4.78, 5) is 0. The molecule has 0 aliphatic heterocycles. The van der Waals surface area contributed by atoms with E-state index in [1.54, 1.807) is 0 Å². The first-order valence-electron chi connectivity index (χ1n) is 3.94. The van der Waals surface area contributed by atoms with Crippen molar-refractivity contribution in [1.29, 1.82) is 0 Å². The molecule has 0 heterocycles. The molecule has 1 aromatic rings. The number of hydrogen-bond acceptors (Lipinski definition) is 1. The number of alkyl halides is 3. The maximum atomic E-state index is 12.4. The summed E-state index contributed by atoms with van der Waals surface area (Å²) in [5.41, 5.74) is 0.157. The van der Waals surface area contributed by atoms with Gasteiger partial charge in [0.15, 0.2) is 0 Å². The molecular formula is C9H9ClF3N. The third kappa shape index (κ3) is 2.62. The average Bonchev–Trinajstić information content (AvgIpc) is 2.07. The summed E-state index contributed by atoms with van der Waals surface area (Å²) in [6.45, 7) is 0. The van der Waals surface area contributed by atoms with Crippen molar-refractivity contribution >= 4 is 11.6 Å². The van der Waals surface area contributed by atoms with Crippen LogP contribution in [0.2, 0.25) is 5.02 Å². The molecule has 1 aromatic carbocycles. The third-order valence-corrected chi connectivity index (χ3v) is 2.07. The molecule has 0 unspecified atom stereocenters. The number of halogens is 4. The van der Waals surface area contributed by atoms with E-state index in [9.17, 15) is 13.2 Å². The molecule has 1 rings (SSSR count). The van der Waals surface area contributed by atoms with Gasteiger partial charge in [-0.05, 0) is 24.7 Å². The van der Waals surface area contributed by atoms with Crippen molar-refractivity contribution in [2.45, 2.75) is 12.2 Å². The smallest absolute Gasteiger partial charge is 0.306 e. The predicted molar refractivity (Wildman–Crippen MR) is 49.3 cm³/mol. The summed E-state index contributed by atoms with van der Waals surface area (Å²) in [5.74, 6) is 0. The summed E-state index contributed by atoms with van der Waals surface area (Å²) < 4.78 is 37.2. The topological polar surface area (TPSA) is 12.0 Å². The summed E-state index contributed by atoms with van der Waals surface area (Å²) in [6, 6.07) is 3.95. The zero-order valence-corrected chi connectivity index (χ0v) is 8.15. The van der Waals surface area contributed by atoms with E-state index in [1.165, 1.54) is 31.3 Å². The molecule has 0 bridgehead atoms. The van der Waals surface area contributed by atoms with Gasteiger partial charge in [-0.25, -0.2) is 0 Å². The van der Waals surface area contributed by atoms with Crippen LogP contribution in [0.1, 0.15) is 11.6 Å². The molecule has 1 nitrogen and oxygen atoms in total. The average molecular weight is 224 g/mol. The minimum atomic E-state index is -4.29. The Labute approximate surface area is 84.9 Å². The number of hydrogen-bond donors (Lipinski definition) is 1. The fraction of sp³-hybridized carbons (Fsp3) is 0.333. The summed E-state index contributed by atoms with van der Waals surface area (Å²) in [7, 11) is 1.27. The first-order valence-corrected chi connectivity index (χ1v) is 4.32. The normalized spacial score (nSPS) is 14.1. The molecule has 0 fully saturated rings. The molecule has 0 aromatic heterocycles. The lowest BCUT2D eigenvalue weighted by Gasteiger charge is -2.19. The molecule has 1 atom stereocenters. The first-order chi connectivity index (χ1) is 6.45. The van der Waals surface area contributed by atoms with Gasteiger partial charge >= 0.3 is 6.18 Å². The zero-order chi connectivity index (χ0) is 10.8.